The van der Waals surface area contributed by atoms with Gasteiger partial charge in [0.1, 0.15) is 16.2 Å². The lowest BCUT2D eigenvalue weighted by Crippen LogP contribution is -2.01. The van der Waals surface area contributed by atoms with Crippen molar-refractivity contribution in [3.05, 3.63) is 34.1 Å². The van der Waals surface area contributed by atoms with Crippen LogP contribution in [0.5, 0.6) is 5.75 Å². The van der Waals surface area contributed by atoms with E-state index in [0.29, 0.717) is 10.5 Å². The number of benzene rings is 1. The largest absolute Gasteiger partial charge is 0.496 e. The van der Waals surface area contributed by atoms with E-state index in [2.05, 4.69) is 46.9 Å². The quantitative estimate of drug-likeness (QED) is 0.928. The Bertz CT molecular complexity index is 621. The maximum atomic E-state index is 9.41. The van der Waals surface area contributed by atoms with Crippen LogP contribution in [0.15, 0.2) is 22.8 Å². The van der Waals surface area contributed by atoms with Gasteiger partial charge in [-0.2, -0.15) is 0 Å². The number of aromatic nitrogens is 2. The number of hydrogen-bond acceptors (Lipinski definition) is 3. The van der Waals surface area contributed by atoms with E-state index in [1.165, 1.54) is 5.56 Å². The third-order valence-electron chi connectivity index (χ3n) is 3.45. The van der Waals surface area contributed by atoms with E-state index >= 15 is 0 Å². The molecular formula is C15H19BrN2O2. The van der Waals surface area contributed by atoms with Gasteiger partial charge in [-0.15, -0.1) is 0 Å². The van der Waals surface area contributed by atoms with Crippen molar-refractivity contribution in [3.63, 3.8) is 0 Å². The van der Waals surface area contributed by atoms with Gasteiger partial charge in [0.2, 0.25) is 0 Å². The fourth-order valence-corrected chi connectivity index (χ4v) is 2.73. The lowest BCUT2D eigenvalue weighted by atomic mass is 10.00. The van der Waals surface area contributed by atoms with Crippen molar-refractivity contribution >= 4 is 15.9 Å². The highest BCUT2D eigenvalue weighted by Crippen LogP contribution is 2.34. The molecule has 1 heterocycles. The van der Waals surface area contributed by atoms with Gasteiger partial charge in [0, 0.05) is 7.05 Å². The maximum Gasteiger partial charge on any atom is 0.145 e. The Labute approximate surface area is 127 Å². The van der Waals surface area contributed by atoms with E-state index in [1.54, 1.807) is 7.11 Å². The van der Waals surface area contributed by atoms with E-state index < -0.39 is 0 Å². The van der Waals surface area contributed by atoms with Gasteiger partial charge < -0.3 is 14.4 Å². The summed E-state index contributed by atoms with van der Waals surface area (Å²) < 4.78 is 7.98. The summed E-state index contributed by atoms with van der Waals surface area (Å²) >= 11 is 3.39. The van der Waals surface area contributed by atoms with E-state index in [0.717, 1.165) is 22.8 Å². The highest BCUT2D eigenvalue weighted by Gasteiger charge is 2.17. The molecule has 0 spiro atoms. The molecule has 0 atom stereocenters. The van der Waals surface area contributed by atoms with Gasteiger partial charge in [-0.3, -0.25) is 0 Å². The summed E-state index contributed by atoms with van der Waals surface area (Å²) in [6.45, 7) is 4.24. The third kappa shape index (κ3) is 2.60. The second-order valence-corrected chi connectivity index (χ2v) is 5.76. The molecule has 20 heavy (non-hydrogen) atoms. The standard InChI is InChI=1S/C15H19BrN2O2/c1-9(2)10-5-6-13(20-4)11(7-10)15-17-14(16)12(8-19)18(15)3/h5-7,9,19H,8H2,1-4H3. The number of methoxy groups -OCH3 is 1. The Morgan fingerprint density at radius 1 is 1.40 bits per heavy atom. The normalized spacial score (nSPS) is 11.2. The first kappa shape index (κ1) is 15.1. The number of ether oxygens (including phenoxy) is 1. The number of rotatable bonds is 4. The Morgan fingerprint density at radius 3 is 2.60 bits per heavy atom. The van der Waals surface area contributed by atoms with E-state index in [4.69, 9.17) is 4.74 Å². The molecule has 5 heteroatoms. The molecule has 0 saturated heterocycles. The Hall–Kier alpha value is -1.33. The van der Waals surface area contributed by atoms with Crippen molar-refractivity contribution in [2.24, 2.45) is 7.05 Å². The van der Waals surface area contributed by atoms with Crippen LogP contribution in [0, 0.1) is 0 Å². The fourth-order valence-electron chi connectivity index (χ4n) is 2.17. The average Bonchev–Trinajstić information content (AvgIpc) is 2.72. The van der Waals surface area contributed by atoms with Gasteiger partial charge in [-0.1, -0.05) is 19.9 Å². The molecule has 2 rings (SSSR count). The minimum Gasteiger partial charge on any atom is -0.496 e. The van der Waals surface area contributed by atoms with Gasteiger partial charge in [0.25, 0.3) is 0 Å². The van der Waals surface area contributed by atoms with Gasteiger partial charge in [-0.05, 0) is 39.5 Å². The van der Waals surface area contributed by atoms with E-state index in [-0.39, 0.29) is 6.61 Å². The first-order valence-electron chi connectivity index (χ1n) is 6.49. The van der Waals surface area contributed by atoms with Crippen LogP contribution in [-0.4, -0.2) is 21.8 Å². The smallest absolute Gasteiger partial charge is 0.145 e. The predicted octanol–water partition coefficient (Wildman–Crippen LogP) is 3.47. The molecule has 108 valence electrons. The number of aliphatic hydroxyl groups is 1. The molecule has 0 bridgehead atoms. The Kier molecular flexibility index (Phi) is 4.50. The molecular weight excluding hydrogens is 320 g/mol. The first-order valence-corrected chi connectivity index (χ1v) is 7.29. The molecule has 0 aliphatic heterocycles. The molecule has 0 unspecified atom stereocenters. The summed E-state index contributed by atoms with van der Waals surface area (Å²) in [5.41, 5.74) is 2.91. The van der Waals surface area contributed by atoms with Crippen LogP contribution in [0.1, 0.15) is 31.0 Å². The van der Waals surface area contributed by atoms with Gasteiger partial charge in [0.05, 0.1) is 25.0 Å². The Balaban J connectivity index is 2.64. The molecule has 1 aromatic carbocycles. The summed E-state index contributed by atoms with van der Waals surface area (Å²) in [5, 5.41) is 9.41. The van der Waals surface area contributed by atoms with Gasteiger partial charge in [0.15, 0.2) is 0 Å². The Morgan fingerprint density at radius 2 is 2.10 bits per heavy atom. The second-order valence-electron chi connectivity index (χ2n) is 5.00. The molecule has 0 radical (unpaired) electrons. The number of aliphatic hydroxyl groups excluding tert-OH is 1. The van der Waals surface area contributed by atoms with Gasteiger partial charge >= 0.3 is 0 Å². The lowest BCUT2D eigenvalue weighted by molar-refractivity contribution is 0.272. The second kappa shape index (κ2) is 5.97. The SMILES string of the molecule is COc1ccc(C(C)C)cc1-c1nc(Br)c(CO)n1C. The van der Waals surface area contributed by atoms with Crippen LogP contribution in [0.2, 0.25) is 0 Å². The number of hydrogen-bond donors (Lipinski definition) is 1. The summed E-state index contributed by atoms with van der Waals surface area (Å²) in [5.74, 6) is 1.99. The van der Waals surface area contributed by atoms with E-state index in [9.17, 15) is 5.11 Å². The van der Waals surface area contributed by atoms with Gasteiger partial charge in [-0.25, -0.2) is 4.98 Å². The van der Waals surface area contributed by atoms with Crippen molar-refractivity contribution < 1.29 is 9.84 Å². The molecule has 0 amide bonds. The molecule has 0 saturated carbocycles. The molecule has 4 nitrogen and oxygen atoms in total. The van der Waals surface area contributed by atoms with Crippen molar-refractivity contribution in [3.8, 4) is 17.1 Å². The topological polar surface area (TPSA) is 47.3 Å². The molecule has 2 aromatic rings. The lowest BCUT2D eigenvalue weighted by Gasteiger charge is -2.13. The first-order chi connectivity index (χ1) is 9.49. The minimum absolute atomic E-state index is 0.0593. The zero-order valence-corrected chi connectivity index (χ0v) is 13.7. The number of imidazole rings is 1. The molecule has 1 aromatic heterocycles. The molecule has 0 fully saturated rings. The maximum absolute atomic E-state index is 9.41. The zero-order valence-electron chi connectivity index (χ0n) is 12.1. The van der Waals surface area contributed by atoms with Crippen molar-refractivity contribution in [2.75, 3.05) is 7.11 Å². The van der Waals surface area contributed by atoms with E-state index in [1.807, 2.05) is 17.7 Å². The third-order valence-corrected chi connectivity index (χ3v) is 4.08. The monoisotopic (exact) mass is 338 g/mol. The minimum atomic E-state index is -0.0593. The predicted molar refractivity (Wildman–Crippen MR) is 82.9 cm³/mol. The number of halogens is 1. The molecule has 0 aliphatic rings. The highest BCUT2D eigenvalue weighted by atomic mass is 79.9. The molecule has 0 aliphatic carbocycles. The zero-order chi connectivity index (χ0) is 14.9. The highest BCUT2D eigenvalue weighted by molar-refractivity contribution is 9.10. The van der Waals surface area contributed by atoms with Crippen molar-refractivity contribution in [2.45, 2.75) is 26.4 Å². The van der Waals surface area contributed by atoms with Crippen LogP contribution in [-0.2, 0) is 13.7 Å². The summed E-state index contributed by atoms with van der Waals surface area (Å²) in [7, 11) is 3.54. The average molecular weight is 339 g/mol. The van der Waals surface area contributed by atoms with Crippen LogP contribution in [0.4, 0.5) is 0 Å². The summed E-state index contributed by atoms with van der Waals surface area (Å²) in [4.78, 5) is 4.50. The molecule has 1 N–H and O–H groups in total. The van der Waals surface area contributed by atoms with Crippen molar-refractivity contribution in [1.82, 2.24) is 9.55 Å². The summed E-state index contributed by atoms with van der Waals surface area (Å²) in [6.07, 6.45) is 0. The van der Waals surface area contributed by atoms with Crippen LogP contribution >= 0.6 is 15.9 Å². The van der Waals surface area contributed by atoms with Crippen LogP contribution in [0.25, 0.3) is 11.4 Å². The fraction of sp³-hybridized carbons (Fsp3) is 0.400. The van der Waals surface area contributed by atoms with Crippen molar-refractivity contribution in [1.29, 1.82) is 0 Å². The summed E-state index contributed by atoms with van der Waals surface area (Å²) in [6, 6.07) is 6.13. The van der Waals surface area contributed by atoms with Crippen LogP contribution in [0.3, 0.4) is 0 Å². The van der Waals surface area contributed by atoms with Crippen LogP contribution < -0.4 is 4.74 Å². The number of nitrogens with zero attached hydrogens (tertiary/aromatic N) is 2.